The van der Waals surface area contributed by atoms with Crippen LogP contribution in [0.2, 0.25) is 0 Å². The van der Waals surface area contributed by atoms with E-state index in [9.17, 15) is 22.7 Å². The average molecular weight is 361 g/mol. The maximum Gasteiger partial charge on any atom is 0.358 e. The third-order valence-electron chi connectivity index (χ3n) is 3.50. The lowest BCUT2D eigenvalue weighted by atomic mass is 10.1. The Bertz CT molecular complexity index is 1040. The number of rotatable bonds is 4. The van der Waals surface area contributed by atoms with E-state index in [2.05, 4.69) is 10.3 Å². The molecule has 0 atom stereocenters. The van der Waals surface area contributed by atoms with Crippen molar-refractivity contribution in [2.24, 2.45) is 0 Å². The van der Waals surface area contributed by atoms with Crippen molar-refractivity contribution >= 4 is 15.8 Å². The lowest BCUT2D eigenvalue weighted by molar-refractivity contribution is 0.0691. The number of sulfone groups is 1. The van der Waals surface area contributed by atoms with Crippen LogP contribution >= 0.6 is 0 Å². The Balaban J connectivity index is 2.17. The summed E-state index contributed by atoms with van der Waals surface area (Å²) in [7, 11) is -3.36. The van der Waals surface area contributed by atoms with Gasteiger partial charge in [-0.05, 0) is 48.5 Å². The molecule has 0 amide bonds. The fourth-order valence-electron chi connectivity index (χ4n) is 2.31. The summed E-state index contributed by atoms with van der Waals surface area (Å²) in [5, 5.41) is 16.8. The largest absolute Gasteiger partial charge is 0.476 e. The molecule has 25 heavy (non-hydrogen) atoms. The number of carboxylic acids is 1. The van der Waals surface area contributed by atoms with Crippen LogP contribution in [0.15, 0.2) is 53.4 Å². The molecule has 0 aliphatic heterocycles. The zero-order chi connectivity index (χ0) is 18.2. The number of carbonyl (C=O) groups is 1. The molecule has 7 nitrogen and oxygen atoms in total. The molecule has 0 fully saturated rings. The van der Waals surface area contributed by atoms with Gasteiger partial charge in [0.25, 0.3) is 0 Å². The molecule has 0 radical (unpaired) electrons. The third kappa shape index (κ3) is 3.26. The SMILES string of the molecule is CS(=O)(=O)c1ccc(-n2nnc(C(=O)O)c2-c2ccc(F)cc2)cc1. The summed E-state index contributed by atoms with van der Waals surface area (Å²) in [6, 6.07) is 11.0. The molecule has 128 valence electrons. The quantitative estimate of drug-likeness (QED) is 0.764. The van der Waals surface area contributed by atoms with Crippen LogP contribution in [0.3, 0.4) is 0 Å². The fourth-order valence-corrected chi connectivity index (χ4v) is 2.94. The van der Waals surface area contributed by atoms with Crippen LogP contribution in [0.5, 0.6) is 0 Å². The van der Waals surface area contributed by atoms with Crippen LogP contribution in [-0.2, 0) is 9.84 Å². The summed E-state index contributed by atoms with van der Waals surface area (Å²) in [6.07, 6.45) is 1.09. The van der Waals surface area contributed by atoms with Gasteiger partial charge in [-0.15, -0.1) is 5.10 Å². The van der Waals surface area contributed by atoms with E-state index >= 15 is 0 Å². The molecular weight excluding hydrogens is 349 g/mol. The smallest absolute Gasteiger partial charge is 0.358 e. The number of aromatic carboxylic acids is 1. The van der Waals surface area contributed by atoms with Crippen LogP contribution in [0.4, 0.5) is 4.39 Å². The highest BCUT2D eigenvalue weighted by Gasteiger charge is 2.21. The minimum Gasteiger partial charge on any atom is -0.476 e. The topological polar surface area (TPSA) is 102 Å². The molecule has 0 saturated heterocycles. The number of benzene rings is 2. The normalized spacial score (nSPS) is 11.4. The Morgan fingerprint density at radius 3 is 2.20 bits per heavy atom. The lowest BCUT2D eigenvalue weighted by Crippen LogP contribution is -2.04. The zero-order valence-corrected chi connectivity index (χ0v) is 13.7. The molecule has 0 aliphatic rings. The summed E-state index contributed by atoms with van der Waals surface area (Å²) in [5.74, 6) is -1.74. The Labute approximate surface area is 142 Å². The molecule has 0 bridgehead atoms. The first-order valence-electron chi connectivity index (χ1n) is 7.03. The summed E-state index contributed by atoms with van der Waals surface area (Å²) < 4.78 is 37.5. The Hall–Kier alpha value is -3.07. The van der Waals surface area contributed by atoms with Crippen LogP contribution in [-0.4, -0.2) is 40.7 Å². The van der Waals surface area contributed by atoms with Crippen molar-refractivity contribution in [3.63, 3.8) is 0 Å². The van der Waals surface area contributed by atoms with Gasteiger partial charge in [-0.1, -0.05) is 5.21 Å². The lowest BCUT2D eigenvalue weighted by Gasteiger charge is -2.08. The van der Waals surface area contributed by atoms with E-state index in [1.165, 1.54) is 53.2 Å². The van der Waals surface area contributed by atoms with Crippen molar-refractivity contribution in [3.8, 4) is 16.9 Å². The van der Waals surface area contributed by atoms with Crippen molar-refractivity contribution in [1.82, 2.24) is 15.0 Å². The monoisotopic (exact) mass is 361 g/mol. The number of halogens is 1. The highest BCUT2D eigenvalue weighted by atomic mass is 32.2. The van der Waals surface area contributed by atoms with E-state index in [0.29, 0.717) is 11.3 Å². The Morgan fingerprint density at radius 1 is 1.08 bits per heavy atom. The first-order valence-corrected chi connectivity index (χ1v) is 8.92. The maximum atomic E-state index is 13.2. The minimum absolute atomic E-state index is 0.123. The summed E-state index contributed by atoms with van der Waals surface area (Å²) in [5.41, 5.74) is 0.709. The van der Waals surface area contributed by atoms with E-state index in [1.54, 1.807) is 0 Å². The molecule has 0 saturated carbocycles. The molecule has 1 aromatic heterocycles. The van der Waals surface area contributed by atoms with Crippen molar-refractivity contribution in [3.05, 3.63) is 60.0 Å². The molecule has 0 aliphatic carbocycles. The van der Waals surface area contributed by atoms with Crippen molar-refractivity contribution in [1.29, 1.82) is 0 Å². The standard InChI is InChI=1S/C16H12FN3O4S/c1-25(23,24)13-8-6-12(7-9-13)20-15(14(16(21)22)18-19-20)10-2-4-11(17)5-3-10/h2-9H,1H3,(H,21,22). The Morgan fingerprint density at radius 2 is 1.68 bits per heavy atom. The second-order valence-corrected chi connectivity index (χ2v) is 7.29. The molecule has 0 spiro atoms. The van der Waals surface area contributed by atoms with Gasteiger partial charge in [0, 0.05) is 11.8 Å². The molecule has 3 aromatic rings. The van der Waals surface area contributed by atoms with Gasteiger partial charge in [-0.3, -0.25) is 0 Å². The van der Waals surface area contributed by atoms with Gasteiger partial charge in [0.1, 0.15) is 11.5 Å². The first-order chi connectivity index (χ1) is 11.8. The van der Waals surface area contributed by atoms with Crippen LogP contribution in [0.1, 0.15) is 10.5 Å². The van der Waals surface area contributed by atoms with Crippen molar-refractivity contribution < 1.29 is 22.7 Å². The third-order valence-corrected chi connectivity index (χ3v) is 4.63. The van der Waals surface area contributed by atoms with E-state index in [-0.39, 0.29) is 16.3 Å². The number of carboxylic acid groups (broad SMARTS) is 1. The molecule has 9 heteroatoms. The van der Waals surface area contributed by atoms with Gasteiger partial charge < -0.3 is 5.11 Å². The van der Waals surface area contributed by atoms with E-state index in [1.807, 2.05) is 0 Å². The summed E-state index contributed by atoms with van der Waals surface area (Å²) in [4.78, 5) is 11.5. The number of nitrogens with zero attached hydrogens (tertiary/aromatic N) is 3. The van der Waals surface area contributed by atoms with Gasteiger partial charge in [0.05, 0.1) is 10.6 Å². The second kappa shape index (κ2) is 6.10. The highest BCUT2D eigenvalue weighted by Crippen LogP contribution is 2.26. The van der Waals surface area contributed by atoms with Crippen LogP contribution in [0, 0.1) is 5.82 Å². The predicted molar refractivity (Wildman–Crippen MR) is 86.8 cm³/mol. The van der Waals surface area contributed by atoms with Gasteiger partial charge in [-0.25, -0.2) is 22.3 Å². The molecular formula is C16H12FN3O4S. The highest BCUT2D eigenvalue weighted by molar-refractivity contribution is 7.90. The van der Waals surface area contributed by atoms with Crippen molar-refractivity contribution in [2.75, 3.05) is 6.26 Å². The summed E-state index contributed by atoms with van der Waals surface area (Å²) >= 11 is 0. The molecule has 0 unspecified atom stereocenters. The van der Waals surface area contributed by atoms with E-state index in [4.69, 9.17) is 0 Å². The van der Waals surface area contributed by atoms with Gasteiger partial charge in [0.15, 0.2) is 15.5 Å². The fraction of sp³-hybridized carbons (Fsp3) is 0.0625. The average Bonchev–Trinajstić information content (AvgIpc) is 3.00. The van der Waals surface area contributed by atoms with Crippen molar-refractivity contribution in [2.45, 2.75) is 4.90 Å². The van der Waals surface area contributed by atoms with Gasteiger partial charge in [-0.2, -0.15) is 0 Å². The minimum atomic E-state index is -3.36. The number of hydrogen-bond donors (Lipinski definition) is 1. The van der Waals surface area contributed by atoms with E-state index < -0.39 is 21.6 Å². The van der Waals surface area contributed by atoms with E-state index in [0.717, 1.165) is 6.26 Å². The second-order valence-electron chi connectivity index (χ2n) is 5.28. The predicted octanol–water partition coefficient (Wildman–Crippen LogP) is 2.18. The summed E-state index contributed by atoms with van der Waals surface area (Å²) in [6.45, 7) is 0. The number of hydrogen-bond acceptors (Lipinski definition) is 5. The Kier molecular flexibility index (Phi) is 4.09. The molecule has 1 heterocycles. The van der Waals surface area contributed by atoms with Gasteiger partial charge in [0.2, 0.25) is 0 Å². The molecule has 2 aromatic carbocycles. The molecule has 3 rings (SSSR count). The number of aromatic nitrogens is 3. The van der Waals surface area contributed by atoms with Crippen LogP contribution < -0.4 is 0 Å². The first kappa shape index (κ1) is 16.8. The van der Waals surface area contributed by atoms with Crippen LogP contribution in [0.25, 0.3) is 16.9 Å². The van der Waals surface area contributed by atoms with Gasteiger partial charge >= 0.3 is 5.97 Å². The maximum absolute atomic E-state index is 13.2. The molecule has 1 N–H and O–H groups in total. The zero-order valence-electron chi connectivity index (χ0n) is 12.9.